The number of halogens is 2. The van der Waals surface area contributed by atoms with Crippen molar-refractivity contribution in [2.75, 3.05) is 11.6 Å². The van der Waals surface area contributed by atoms with Crippen molar-refractivity contribution < 1.29 is 4.42 Å². The van der Waals surface area contributed by atoms with Crippen LogP contribution >= 0.6 is 56.5 Å². The number of benzene rings is 1. The maximum absolute atomic E-state index is 12.7. The van der Waals surface area contributed by atoms with Crippen LogP contribution in [0.25, 0.3) is 6.08 Å². The minimum absolute atomic E-state index is 0.0274. The molecule has 1 aliphatic heterocycles. The molecule has 0 fully saturated rings. The van der Waals surface area contributed by atoms with Crippen LogP contribution in [-0.4, -0.2) is 11.2 Å². The number of nitrogens with zero attached hydrogens (tertiary/aromatic N) is 3. The molecule has 1 aromatic carbocycles. The van der Waals surface area contributed by atoms with Gasteiger partial charge in [0.2, 0.25) is 0 Å². The number of thiazole rings is 1. The smallest absolute Gasteiger partial charge is 0.271 e. The summed E-state index contributed by atoms with van der Waals surface area (Å²) < 4.78 is 9.87. The average Bonchev–Trinajstić information content (AvgIpc) is 3.12. The fourth-order valence-electron chi connectivity index (χ4n) is 2.46. The van der Waals surface area contributed by atoms with E-state index in [0.717, 1.165) is 14.3 Å². The van der Waals surface area contributed by atoms with Gasteiger partial charge >= 0.3 is 0 Å². The second-order valence-corrected chi connectivity index (χ2v) is 8.54. The van der Waals surface area contributed by atoms with Crippen molar-refractivity contribution in [1.29, 1.82) is 0 Å². The highest BCUT2D eigenvalue weighted by Gasteiger charge is 2.16. The number of aromatic nitrogens is 1. The molecular formula is C16H11I2N3O2S. The molecule has 0 saturated carbocycles. The van der Waals surface area contributed by atoms with Crippen molar-refractivity contribution in [2.24, 2.45) is 4.99 Å². The van der Waals surface area contributed by atoms with E-state index in [2.05, 4.69) is 79.3 Å². The summed E-state index contributed by atoms with van der Waals surface area (Å²) in [4.78, 5) is 20.1. The van der Waals surface area contributed by atoms with Gasteiger partial charge in [-0.15, -0.1) is 0 Å². The zero-order valence-electron chi connectivity index (χ0n) is 12.3. The molecule has 0 aliphatic carbocycles. The van der Waals surface area contributed by atoms with E-state index in [4.69, 9.17) is 4.42 Å². The van der Waals surface area contributed by atoms with Crippen LogP contribution in [0.2, 0.25) is 0 Å². The molecule has 1 aliphatic rings. The maximum atomic E-state index is 12.7. The van der Waals surface area contributed by atoms with Crippen LogP contribution in [0.1, 0.15) is 5.76 Å². The normalized spacial score (nSPS) is 14.6. The quantitative estimate of drug-likeness (QED) is 0.451. The molecule has 0 unspecified atom stereocenters. The monoisotopic (exact) mass is 563 g/mol. The molecule has 5 nitrogen and oxygen atoms in total. The van der Waals surface area contributed by atoms with Gasteiger partial charge in [0.05, 0.1) is 4.53 Å². The fraction of sp³-hybridized carbons (Fsp3) is 0.125. The van der Waals surface area contributed by atoms with Crippen molar-refractivity contribution in [3.8, 4) is 0 Å². The molecule has 8 heteroatoms. The third-order valence-corrected chi connectivity index (χ3v) is 5.98. The highest BCUT2D eigenvalue weighted by Crippen LogP contribution is 2.17. The van der Waals surface area contributed by atoms with E-state index in [1.54, 1.807) is 10.6 Å². The van der Waals surface area contributed by atoms with Gasteiger partial charge in [0, 0.05) is 15.3 Å². The Balaban J connectivity index is 1.71. The molecule has 3 aromatic rings. The molecule has 0 N–H and O–H groups in total. The number of rotatable bonds is 2. The first-order chi connectivity index (χ1) is 11.6. The Labute approximate surface area is 168 Å². The highest BCUT2D eigenvalue weighted by atomic mass is 127. The Morgan fingerprint density at radius 3 is 2.67 bits per heavy atom. The van der Waals surface area contributed by atoms with Crippen molar-refractivity contribution in [3.05, 3.63) is 69.2 Å². The topological polar surface area (TPSA) is 50.7 Å². The van der Waals surface area contributed by atoms with E-state index in [9.17, 15) is 4.79 Å². The minimum atomic E-state index is -0.0274. The van der Waals surface area contributed by atoms with E-state index in [1.807, 2.05) is 12.1 Å². The lowest BCUT2D eigenvalue weighted by atomic mass is 10.3. The van der Waals surface area contributed by atoms with Crippen LogP contribution in [0.4, 0.5) is 5.69 Å². The predicted molar refractivity (Wildman–Crippen MR) is 111 cm³/mol. The molecule has 0 amide bonds. The summed E-state index contributed by atoms with van der Waals surface area (Å²) in [5.41, 5.74) is 1.04. The lowest BCUT2D eigenvalue weighted by Crippen LogP contribution is -2.42. The lowest BCUT2D eigenvalue weighted by Gasteiger charge is -2.25. The van der Waals surface area contributed by atoms with Crippen molar-refractivity contribution >= 4 is 68.3 Å². The zero-order chi connectivity index (χ0) is 16.7. The summed E-state index contributed by atoms with van der Waals surface area (Å²) in [6, 6.07) is 12.0. The van der Waals surface area contributed by atoms with Crippen LogP contribution < -0.4 is 19.8 Å². The lowest BCUT2D eigenvalue weighted by molar-refractivity contribution is 0.528. The van der Waals surface area contributed by atoms with Crippen molar-refractivity contribution in [3.63, 3.8) is 0 Å². The summed E-state index contributed by atoms with van der Waals surface area (Å²) in [5.74, 6) is 0.685. The second-order valence-electron chi connectivity index (χ2n) is 5.23. The van der Waals surface area contributed by atoms with Crippen molar-refractivity contribution in [1.82, 2.24) is 4.57 Å². The Morgan fingerprint density at radius 1 is 1.17 bits per heavy atom. The standard InChI is InChI=1S/C16H11I2N3O2S/c17-10-1-3-11(4-2-10)20-8-19-16-21(9-20)15(22)13(24-16)7-12-5-6-14(18)23-12/h1-7H,8-9H2/b13-7-. The highest BCUT2D eigenvalue weighted by molar-refractivity contribution is 14.1. The Morgan fingerprint density at radius 2 is 1.96 bits per heavy atom. The molecule has 122 valence electrons. The zero-order valence-corrected chi connectivity index (χ0v) is 17.4. The van der Waals surface area contributed by atoms with E-state index < -0.39 is 0 Å². The first kappa shape index (κ1) is 16.3. The van der Waals surface area contributed by atoms with E-state index in [1.165, 1.54) is 14.9 Å². The van der Waals surface area contributed by atoms with Gasteiger partial charge in [0.15, 0.2) is 8.57 Å². The summed E-state index contributed by atoms with van der Waals surface area (Å²) in [5, 5.41) is 0. The summed E-state index contributed by atoms with van der Waals surface area (Å²) >= 11 is 5.79. The van der Waals surface area contributed by atoms with E-state index in [-0.39, 0.29) is 5.56 Å². The molecule has 3 heterocycles. The molecule has 4 rings (SSSR count). The van der Waals surface area contributed by atoms with Crippen LogP contribution in [-0.2, 0) is 6.67 Å². The van der Waals surface area contributed by atoms with E-state index in [0.29, 0.717) is 23.6 Å². The number of hydrogen-bond donors (Lipinski definition) is 0. The van der Waals surface area contributed by atoms with E-state index >= 15 is 0 Å². The fourth-order valence-corrected chi connectivity index (χ4v) is 4.20. The molecule has 0 saturated heterocycles. The first-order valence-corrected chi connectivity index (χ1v) is 10.1. The summed E-state index contributed by atoms with van der Waals surface area (Å²) in [7, 11) is 0. The van der Waals surface area contributed by atoms with Gasteiger partial charge in [-0.1, -0.05) is 11.3 Å². The first-order valence-electron chi connectivity index (χ1n) is 7.12. The van der Waals surface area contributed by atoms with Crippen LogP contribution in [0.3, 0.4) is 0 Å². The van der Waals surface area contributed by atoms with Gasteiger partial charge in [-0.25, -0.2) is 4.99 Å². The maximum Gasteiger partial charge on any atom is 0.271 e. The van der Waals surface area contributed by atoms with Crippen LogP contribution in [0, 0.1) is 7.34 Å². The minimum Gasteiger partial charge on any atom is -0.451 e. The second kappa shape index (κ2) is 6.64. The average molecular weight is 563 g/mol. The van der Waals surface area contributed by atoms with Gasteiger partial charge in [-0.3, -0.25) is 9.36 Å². The number of anilines is 1. The Hall–Kier alpha value is -1.14. The molecule has 0 radical (unpaired) electrons. The third-order valence-electron chi connectivity index (χ3n) is 3.64. The van der Waals surface area contributed by atoms with Gasteiger partial charge in [0.1, 0.15) is 19.1 Å². The molecule has 0 bridgehead atoms. The molecule has 0 spiro atoms. The SMILES string of the molecule is O=c1/c(=C/c2ccc(I)o2)sc2n1CN(c1ccc(I)cc1)CN=2. The van der Waals surface area contributed by atoms with Crippen LogP contribution in [0.15, 0.2) is 50.6 Å². The Bertz CT molecular complexity index is 1070. The van der Waals surface area contributed by atoms with Crippen LogP contribution in [0.5, 0.6) is 0 Å². The van der Waals surface area contributed by atoms with Gasteiger partial charge in [-0.05, 0) is 81.6 Å². The van der Waals surface area contributed by atoms with Gasteiger partial charge in [0.25, 0.3) is 5.56 Å². The van der Waals surface area contributed by atoms with Gasteiger partial charge in [-0.2, -0.15) is 0 Å². The largest absolute Gasteiger partial charge is 0.451 e. The summed E-state index contributed by atoms with van der Waals surface area (Å²) in [6.45, 7) is 1.07. The van der Waals surface area contributed by atoms with Gasteiger partial charge < -0.3 is 9.32 Å². The number of furan rings is 1. The molecule has 0 atom stereocenters. The number of hydrogen-bond acceptors (Lipinski definition) is 5. The van der Waals surface area contributed by atoms with Crippen molar-refractivity contribution in [2.45, 2.75) is 6.67 Å². The Kier molecular flexibility index (Phi) is 4.52. The third kappa shape index (κ3) is 3.18. The number of fused-ring (bicyclic) bond motifs is 1. The molecule has 24 heavy (non-hydrogen) atoms. The molecule has 2 aromatic heterocycles. The molecular weight excluding hydrogens is 552 g/mol. The predicted octanol–water partition coefficient (Wildman–Crippen LogP) is 2.60. The summed E-state index contributed by atoms with van der Waals surface area (Å²) in [6.07, 6.45) is 1.78.